The molecule has 1 aromatic rings. The first-order chi connectivity index (χ1) is 2.89. The summed E-state index contributed by atoms with van der Waals surface area (Å²) < 4.78 is 0. The van der Waals surface area contributed by atoms with Crippen molar-refractivity contribution in [1.82, 2.24) is 9.97 Å². The molecule has 0 amide bonds. The third kappa shape index (κ3) is 1.36. The van der Waals surface area contributed by atoms with Crippen LogP contribution in [0.15, 0.2) is 12.5 Å². The summed E-state index contributed by atoms with van der Waals surface area (Å²) in [5, 5.41) is 0. The van der Waals surface area contributed by atoms with E-state index in [1.807, 2.05) is 6.92 Å². The zero-order valence-corrected chi connectivity index (χ0v) is 4.10. The van der Waals surface area contributed by atoms with Gasteiger partial charge in [-0.15, -0.1) is 0 Å². The van der Waals surface area contributed by atoms with Crippen LogP contribution in [0.4, 0.5) is 0 Å². The van der Waals surface area contributed by atoms with Crippen LogP contribution in [-0.4, -0.2) is 15.4 Å². The van der Waals surface area contributed by atoms with Gasteiger partial charge in [0.05, 0.1) is 6.33 Å². The van der Waals surface area contributed by atoms with Crippen molar-refractivity contribution in [3.05, 3.63) is 18.2 Å². The molecule has 0 bridgehead atoms. The van der Waals surface area contributed by atoms with Gasteiger partial charge in [0, 0.05) is 11.9 Å². The Labute approximate surface area is 41.7 Å². The number of aromatic amines is 1. The Balaban J connectivity index is 0.000000360. The van der Waals surface area contributed by atoms with Gasteiger partial charge in [0.1, 0.15) is 0 Å². The molecule has 40 valence electrons. The van der Waals surface area contributed by atoms with Crippen molar-refractivity contribution in [3.8, 4) is 0 Å². The van der Waals surface area contributed by atoms with Crippen molar-refractivity contribution in [2.75, 3.05) is 0 Å². The van der Waals surface area contributed by atoms with Gasteiger partial charge in [0.25, 0.3) is 0 Å². The first-order valence-corrected chi connectivity index (χ1v) is 1.84. The second-order valence-corrected chi connectivity index (χ2v) is 1.23. The van der Waals surface area contributed by atoms with E-state index in [2.05, 4.69) is 9.97 Å². The molecule has 0 aliphatic rings. The zero-order chi connectivity index (χ0) is 4.41. The summed E-state index contributed by atoms with van der Waals surface area (Å²) in [5.74, 6) is 0. The van der Waals surface area contributed by atoms with Crippen molar-refractivity contribution in [1.29, 1.82) is 0 Å². The fourth-order valence-corrected chi connectivity index (χ4v) is 0.325. The molecule has 0 atom stereocenters. The van der Waals surface area contributed by atoms with Crippen molar-refractivity contribution in [2.45, 2.75) is 6.92 Å². The van der Waals surface area contributed by atoms with E-state index in [1.54, 1.807) is 12.5 Å². The van der Waals surface area contributed by atoms with Gasteiger partial charge >= 0.3 is 0 Å². The quantitative estimate of drug-likeness (QED) is 0.486. The molecule has 0 aliphatic heterocycles. The maximum atomic E-state index is 3.77. The van der Waals surface area contributed by atoms with Crippen LogP contribution in [0, 0.1) is 6.92 Å². The first-order valence-electron chi connectivity index (χ1n) is 1.84. The molecule has 3 heteroatoms. The van der Waals surface area contributed by atoms with Crippen molar-refractivity contribution >= 4 is 0 Å². The van der Waals surface area contributed by atoms with Crippen molar-refractivity contribution < 1.29 is 5.48 Å². The SMILES string of the molecule is Cc1cnc[nH]1.O. The molecule has 3 N–H and O–H groups in total. The van der Waals surface area contributed by atoms with E-state index < -0.39 is 0 Å². The number of rotatable bonds is 0. The number of nitrogens with zero attached hydrogens (tertiary/aromatic N) is 1. The van der Waals surface area contributed by atoms with Gasteiger partial charge in [-0.05, 0) is 6.92 Å². The number of imidazole rings is 1. The van der Waals surface area contributed by atoms with Crippen LogP contribution in [0.3, 0.4) is 0 Å². The second kappa shape index (κ2) is 2.36. The topological polar surface area (TPSA) is 60.2 Å². The fourth-order valence-electron chi connectivity index (χ4n) is 0.325. The summed E-state index contributed by atoms with van der Waals surface area (Å²) in [6.07, 6.45) is 3.44. The Morgan fingerprint density at radius 2 is 2.43 bits per heavy atom. The predicted octanol–water partition coefficient (Wildman–Crippen LogP) is -0.107. The molecule has 0 aliphatic carbocycles. The highest BCUT2D eigenvalue weighted by Crippen LogP contribution is 1.81. The molecule has 1 rings (SSSR count). The van der Waals surface area contributed by atoms with E-state index in [0.29, 0.717) is 0 Å². The van der Waals surface area contributed by atoms with Gasteiger partial charge in [-0.3, -0.25) is 0 Å². The highest BCUT2D eigenvalue weighted by atomic mass is 16.0. The third-order valence-corrected chi connectivity index (χ3v) is 0.635. The van der Waals surface area contributed by atoms with Gasteiger partial charge in [0.2, 0.25) is 0 Å². The predicted molar refractivity (Wildman–Crippen MR) is 26.9 cm³/mol. The van der Waals surface area contributed by atoms with Crippen molar-refractivity contribution in [3.63, 3.8) is 0 Å². The summed E-state index contributed by atoms with van der Waals surface area (Å²) in [5.41, 5.74) is 1.11. The summed E-state index contributed by atoms with van der Waals surface area (Å²) in [7, 11) is 0. The maximum absolute atomic E-state index is 3.77. The van der Waals surface area contributed by atoms with E-state index >= 15 is 0 Å². The normalized spacial score (nSPS) is 7.57. The first kappa shape index (κ1) is 6.17. The lowest BCUT2D eigenvalue weighted by molar-refractivity contribution is 0.824. The number of hydrogen-bond acceptors (Lipinski definition) is 1. The van der Waals surface area contributed by atoms with Crippen LogP contribution in [0.2, 0.25) is 0 Å². The lowest BCUT2D eigenvalue weighted by atomic mass is 10.6. The van der Waals surface area contributed by atoms with E-state index in [4.69, 9.17) is 0 Å². The van der Waals surface area contributed by atoms with Gasteiger partial charge in [0.15, 0.2) is 0 Å². The lowest BCUT2D eigenvalue weighted by Gasteiger charge is -1.67. The Kier molecular flexibility index (Phi) is 2.08. The molecule has 1 heterocycles. The average molecular weight is 100 g/mol. The summed E-state index contributed by atoms with van der Waals surface area (Å²) >= 11 is 0. The molecule has 0 saturated carbocycles. The Morgan fingerprint density at radius 1 is 1.71 bits per heavy atom. The molecule has 0 fully saturated rings. The lowest BCUT2D eigenvalue weighted by Crippen LogP contribution is -1.59. The summed E-state index contributed by atoms with van der Waals surface area (Å²) in [6.45, 7) is 1.97. The molecule has 0 aromatic carbocycles. The molecule has 0 saturated heterocycles. The Morgan fingerprint density at radius 3 is 2.57 bits per heavy atom. The minimum atomic E-state index is 0. The monoisotopic (exact) mass is 100 g/mol. The molecule has 0 radical (unpaired) electrons. The average Bonchev–Trinajstić information content (AvgIpc) is 1.86. The molecule has 3 nitrogen and oxygen atoms in total. The fraction of sp³-hybridized carbons (Fsp3) is 0.250. The smallest absolute Gasteiger partial charge is 0.0921 e. The Hall–Kier alpha value is -0.830. The molecular weight excluding hydrogens is 92.1 g/mol. The van der Waals surface area contributed by atoms with Gasteiger partial charge in [-0.25, -0.2) is 4.98 Å². The number of nitrogens with one attached hydrogen (secondary N) is 1. The van der Waals surface area contributed by atoms with Crippen molar-refractivity contribution in [2.24, 2.45) is 0 Å². The number of hydrogen-bond donors (Lipinski definition) is 1. The summed E-state index contributed by atoms with van der Waals surface area (Å²) in [4.78, 5) is 6.66. The van der Waals surface area contributed by atoms with Gasteiger partial charge in [-0.1, -0.05) is 0 Å². The maximum Gasteiger partial charge on any atom is 0.0921 e. The standard InChI is InChI=1S/C4H6N2.H2O/c1-4-2-5-3-6-4;/h2-3H,1H3,(H,5,6);1H2. The number of aromatic nitrogens is 2. The molecular formula is C4H8N2O. The second-order valence-electron chi connectivity index (χ2n) is 1.23. The minimum absolute atomic E-state index is 0. The molecule has 0 spiro atoms. The van der Waals surface area contributed by atoms with Crippen LogP contribution in [0.1, 0.15) is 5.69 Å². The van der Waals surface area contributed by atoms with Crippen LogP contribution in [-0.2, 0) is 0 Å². The number of H-pyrrole nitrogens is 1. The number of aryl methyl sites for hydroxylation is 1. The Bertz CT molecular complexity index is 113. The van der Waals surface area contributed by atoms with E-state index in [9.17, 15) is 0 Å². The van der Waals surface area contributed by atoms with Gasteiger partial charge in [-0.2, -0.15) is 0 Å². The highest BCUT2D eigenvalue weighted by Gasteiger charge is 1.73. The summed E-state index contributed by atoms with van der Waals surface area (Å²) in [6, 6.07) is 0. The van der Waals surface area contributed by atoms with E-state index in [0.717, 1.165) is 5.69 Å². The molecule has 0 unspecified atom stereocenters. The molecule has 1 aromatic heterocycles. The van der Waals surface area contributed by atoms with Crippen LogP contribution >= 0.6 is 0 Å². The van der Waals surface area contributed by atoms with Crippen LogP contribution < -0.4 is 0 Å². The minimum Gasteiger partial charge on any atom is -0.412 e. The largest absolute Gasteiger partial charge is 0.412 e. The van der Waals surface area contributed by atoms with Crippen LogP contribution in [0.25, 0.3) is 0 Å². The van der Waals surface area contributed by atoms with E-state index in [1.165, 1.54) is 0 Å². The van der Waals surface area contributed by atoms with Gasteiger partial charge < -0.3 is 10.5 Å². The zero-order valence-electron chi connectivity index (χ0n) is 4.10. The molecule has 7 heavy (non-hydrogen) atoms. The van der Waals surface area contributed by atoms with E-state index in [-0.39, 0.29) is 5.48 Å². The van der Waals surface area contributed by atoms with Crippen LogP contribution in [0.5, 0.6) is 0 Å². The third-order valence-electron chi connectivity index (χ3n) is 0.635. The highest BCUT2D eigenvalue weighted by molar-refractivity contribution is 4.87.